The fourth-order valence-corrected chi connectivity index (χ4v) is 1.89. The highest BCUT2D eigenvalue weighted by molar-refractivity contribution is 5.67. The van der Waals surface area contributed by atoms with Crippen LogP contribution in [0.1, 0.15) is 40.2 Å². The Balaban J connectivity index is 2.50. The van der Waals surface area contributed by atoms with Crippen molar-refractivity contribution < 1.29 is 9.53 Å². The van der Waals surface area contributed by atoms with E-state index in [1.54, 1.807) is 0 Å². The molecule has 4 nitrogen and oxygen atoms in total. The molecule has 0 aromatic heterocycles. The number of carbonyl (C=O) groups is 1. The maximum Gasteiger partial charge on any atom is 0.407 e. The zero-order valence-electron chi connectivity index (χ0n) is 13.8. The predicted molar refractivity (Wildman–Crippen MR) is 86.1 cm³/mol. The Morgan fingerprint density at radius 3 is 2.29 bits per heavy atom. The van der Waals surface area contributed by atoms with Crippen LogP contribution in [0.4, 0.5) is 4.79 Å². The number of benzene rings is 1. The molecule has 1 atom stereocenters. The molecular weight excluding hydrogens is 264 g/mol. The second-order valence-electron chi connectivity index (χ2n) is 7.14. The van der Waals surface area contributed by atoms with Crippen molar-refractivity contribution in [1.29, 1.82) is 0 Å². The molecule has 21 heavy (non-hydrogen) atoms. The van der Waals surface area contributed by atoms with E-state index in [2.05, 4.69) is 31.3 Å². The summed E-state index contributed by atoms with van der Waals surface area (Å²) in [5, 5.41) is 2.81. The van der Waals surface area contributed by atoms with Gasteiger partial charge in [-0.15, -0.1) is 0 Å². The van der Waals surface area contributed by atoms with Gasteiger partial charge in [0.15, 0.2) is 0 Å². The Kier molecular flexibility index (Phi) is 5.78. The first-order valence-corrected chi connectivity index (χ1v) is 7.36. The number of amides is 1. The van der Waals surface area contributed by atoms with Crippen LogP contribution >= 0.6 is 0 Å². The lowest BCUT2D eigenvalue weighted by Gasteiger charge is -2.32. The van der Waals surface area contributed by atoms with E-state index in [0.29, 0.717) is 6.54 Å². The summed E-state index contributed by atoms with van der Waals surface area (Å²) < 4.78 is 5.24. The van der Waals surface area contributed by atoms with E-state index in [4.69, 9.17) is 10.5 Å². The molecule has 4 heteroatoms. The van der Waals surface area contributed by atoms with Crippen LogP contribution in [0, 0.1) is 5.41 Å². The van der Waals surface area contributed by atoms with Gasteiger partial charge in [0.25, 0.3) is 0 Å². The molecule has 118 valence electrons. The topological polar surface area (TPSA) is 64.3 Å². The van der Waals surface area contributed by atoms with Gasteiger partial charge in [-0.3, -0.25) is 0 Å². The van der Waals surface area contributed by atoms with Gasteiger partial charge in [0, 0.05) is 12.6 Å². The molecule has 0 spiro atoms. The first-order valence-electron chi connectivity index (χ1n) is 7.36. The third-order valence-electron chi connectivity index (χ3n) is 3.39. The van der Waals surface area contributed by atoms with Crippen molar-refractivity contribution in [2.45, 2.75) is 52.7 Å². The van der Waals surface area contributed by atoms with Crippen molar-refractivity contribution in [2.75, 3.05) is 6.54 Å². The summed E-state index contributed by atoms with van der Waals surface area (Å²) in [6.45, 7) is 10.1. The van der Waals surface area contributed by atoms with Gasteiger partial charge in [0.1, 0.15) is 5.60 Å². The highest BCUT2D eigenvalue weighted by Gasteiger charge is 2.28. The van der Waals surface area contributed by atoms with Crippen molar-refractivity contribution in [1.82, 2.24) is 5.32 Å². The number of hydrogen-bond donors (Lipinski definition) is 2. The normalized spacial score (nSPS) is 13.6. The quantitative estimate of drug-likeness (QED) is 0.876. The summed E-state index contributed by atoms with van der Waals surface area (Å²) in [7, 11) is 0. The minimum atomic E-state index is -0.486. The summed E-state index contributed by atoms with van der Waals surface area (Å²) in [5.74, 6) is 0. The second-order valence-corrected chi connectivity index (χ2v) is 7.14. The van der Waals surface area contributed by atoms with Crippen molar-refractivity contribution in [3.8, 4) is 0 Å². The summed E-state index contributed by atoms with van der Waals surface area (Å²) in [5.41, 5.74) is 6.81. The number of rotatable bonds is 5. The van der Waals surface area contributed by atoms with E-state index < -0.39 is 11.7 Å². The SMILES string of the molecule is CC(C)(C)OC(=O)NCC(C)(C)C(N)Cc1ccccc1. The molecular formula is C17H28N2O2. The second kappa shape index (κ2) is 6.94. The summed E-state index contributed by atoms with van der Waals surface area (Å²) >= 11 is 0. The first-order chi connectivity index (χ1) is 9.60. The average Bonchev–Trinajstić information content (AvgIpc) is 2.36. The Morgan fingerprint density at radius 1 is 1.19 bits per heavy atom. The molecule has 0 aliphatic heterocycles. The Labute approximate surface area is 128 Å². The highest BCUT2D eigenvalue weighted by atomic mass is 16.6. The molecule has 0 saturated carbocycles. The molecule has 1 aromatic carbocycles. The van der Waals surface area contributed by atoms with Gasteiger partial charge in [-0.1, -0.05) is 44.2 Å². The molecule has 0 bridgehead atoms. The molecule has 0 fully saturated rings. The highest BCUT2D eigenvalue weighted by Crippen LogP contribution is 2.21. The molecule has 0 heterocycles. The first kappa shape index (κ1) is 17.5. The fraction of sp³-hybridized carbons (Fsp3) is 0.588. The average molecular weight is 292 g/mol. The van der Waals surface area contributed by atoms with E-state index in [1.165, 1.54) is 5.56 Å². The smallest absolute Gasteiger partial charge is 0.407 e. The molecule has 1 aromatic rings. The number of carbonyl (C=O) groups excluding carboxylic acids is 1. The molecule has 0 aliphatic carbocycles. The maximum absolute atomic E-state index is 11.7. The molecule has 0 aliphatic rings. The summed E-state index contributed by atoms with van der Waals surface area (Å²) in [6.07, 6.45) is 0.381. The monoisotopic (exact) mass is 292 g/mol. The van der Waals surface area contributed by atoms with E-state index in [-0.39, 0.29) is 11.5 Å². The van der Waals surface area contributed by atoms with Crippen molar-refractivity contribution >= 4 is 6.09 Å². The van der Waals surface area contributed by atoms with Crippen LogP contribution < -0.4 is 11.1 Å². The van der Waals surface area contributed by atoms with E-state index in [9.17, 15) is 4.79 Å². The third-order valence-corrected chi connectivity index (χ3v) is 3.39. The lowest BCUT2D eigenvalue weighted by molar-refractivity contribution is 0.0501. The molecule has 1 rings (SSSR count). The Bertz CT molecular complexity index is 450. The van der Waals surface area contributed by atoms with Gasteiger partial charge in [0.2, 0.25) is 0 Å². The van der Waals surface area contributed by atoms with Gasteiger partial charge in [0.05, 0.1) is 0 Å². The minimum absolute atomic E-state index is 0.0464. The van der Waals surface area contributed by atoms with Crippen molar-refractivity contribution in [3.05, 3.63) is 35.9 Å². The standard InChI is InChI=1S/C17H28N2O2/c1-16(2,3)21-15(20)19-12-17(4,5)14(18)11-13-9-7-6-8-10-13/h6-10,14H,11-12,18H2,1-5H3,(H,19,20). The van der Waals surface area contributed by atoms with Crippen LogP contribution in [-0.4, -0.2) is 24.3 Å². The summed E-state index contributed by atoms with van der Waals surface area (Å²) in [4.78, 5) is 11.7. The lowest BCUT2D eigenvalue weighted by Crippen LogP contribution is -2.47. The zero-order chi connectivity index (χ0) is 16.1. The number of alkyl carbamates (subject to hydrolysis) is 1. The molecule has 0 radical (unpaired) electrons. The fourth-order valence-electron chi connectivity index (χ4n) is 1.89. The van der Waals surface area contributed by atoms with Crippen molar-refractivity contribution in [3.63, 3.8) is 0 Å². The van der Waals surface area contributed by atoms with Crippen LogP contribution in [-0.2, 0) is 11.2 Å². The molecule has 1 unspecified atom stereocenters. The molecule has 1 amide bonds. The van der Waals surface area contributed by atoms with Crippen LogP contribution in [0.2, 0.25) is 0 Å². The lowest BCUT2D eigenvalue weighted by atomic mass is 9.81. The van der Waals surface area contributed by atoms with Gasteiger partial charge in [-0.2, -0.15) is 0 Å². The number of nitrogens with one attached hydrogen (secondary N) is 1. The van der Waals surface area contributed by atoms with E-state index >= 15 is 0 Å². The van der Waals surface area contributed by atoms with Gasteiger partial charge in [-0.05, 0) is 38.2 Å². The van der Waals surface area contributed by atoms with Crippen LogP contribution in [0.3, 0.4) is 0 Å². The number of hydrogen-bond acceptors (Lipinski definition) is 3. The van der Waals surface area contributed by atoms with Gasteiger partial charge < -0.3 is 15.8 Å². The molecule has 3 N–H and O–H groups in total. The van der Waals surface area contributed by atoms with Crippen LogP contribution in [0.5, 0.6) is 0 Å². The van der Waals surface area contributed by atoms with Crippen molar-refractivity contribution in [2.24, 2.45) is 11.1 Å². The Hall–Kier alpha value is -1.55. The van der Waals surface area contributed by atoms with E-state index in [0.717, 1.165) is 6.42 Å². The molecule has 0 saturated heterocycles. The Morgan fingerprint density at radius 2 is 1.76 bits per heavy atom. The van der Waals surface area contributed by atoms with Gasteiger partial charge >= 0.3 is 6.09 Å². The van der Waals surface area contributed by atoms with Crippen LogP contribution in [0.25, 0.3) is 0 Å². The number of ether oxygens (including phenoxy) is 1. The van der Waals surface area contributed by atoms with Crippen LogP contribution in [0.15, 0.2) is 30.3 Å². The maximum atomic E-state index is 11.7. The minimum Gasteiger partial charge on any atom is -0.444 e. The predicted octanol–water partition coefficient (Wildman–Crippen LogP) is 3.11. The number of nitrogens with two attached hydrogens (primary N) is 1. The third kappa shape index (κ3) is 6.63. The zero-order valence-corrected chi connectivity index (χ0v) is 13.8. The van der Waals surface area contributed by atoms with Gasteiger partial charge in [-0.25, -0.2) is 4.79 Å². The largest absolute Gasteiger partial charge is 0.444 e. The summed E-state index contributed by atoms with van der Waals surface area (Å²) in [6, 6.07) is 10.1. The van der Waals surface area contributed by atoms with E-state index in [1.807, 2.05) is 39.0 Å².